The maximum atomic E-state index is 14.0. The van der Waals surface area contributed by atoms with Gasteiger partial charge in [-0.2, -0.15) is 23.4 Å². The molecule has 200 valence electrons. The molecule has 0 saturated carbocycles. The van der Waals surface area contributed by atoms with E-state index >= 15 is 0 Å². The van der Waals surface area contributed by atoms with Crippen LogP contribution < -0.4 is 5.32 Å². The third kappa shape index (κ3) is 5.84. The van der Waals surface area contributed by atoms with Gasteiger partial charge in [-0.15, -0.1) is 0 Å². The van der Waals surface area contributed by atoms with E-state index in [1.165, 1.54) is 6.07 Å². The summed E-state index contributed by atoms with van der Waals surface area (Å²) in [7, 11) is 0. The number of rotatable bonds is 6. The molecule has 0 bridgehead atoms. The Hall–Kier alpha value is -3.70. The van der Waals surface area contributed by atoms with Gasteiger partial charge in [-0.25, -0.2) is 9.50 Å². The lowest BCUT2D eigenvalue weighted by molar-refractivity contribution is -0.142. The number of amides is 1. The van der Waals surface area contributed by atoms with Crippen molar-refractivity contribution in [2.24, 2.45) is 0 Å². The fraction of sp³-hybridized carbons (Fsp3) is 0.185. The molecule has 0 atom stereocenters. The average molecular weight is 618 g/mol. The second-order valence-corrected chi connectivity index (χ2v) is 10.5. The number of aromatic nitrogens is 5. The minimum absolute atomic E-state index is 0.106. The predicted molar refractivity (Wildman–Crippen MR) is 146 cm³/mol. The molecular formula is C27H21BrClF3N6O. The van der Waals surface area contributed by atoms with Gasteiger partial charge in [0, 0.05) is 22.8 Å². The monoisotopic (exact) mass is 616 g/mol. The van der Waals surface area contributed by atoms with Crippen LogP contribution in [-0.4, -0.2) is 30.3 Å². The van der Waals surface area contributed by atoms with Gasteiger partial charge in [0.15, 0.2) is 22.9 Å². The molecule has 7 nitrogen and oxygen atoms in total. The fourth-order valence-electron chi connectivity index (χ4n) is 3.99. The van der Waals surface area contributed by atoms with Gasteiger partial charge in [-0.05, 0) is 51.2 Å². The van der Waals surface area contributed by atoms with Gasteiger partial charge in [-0.1, -0.05) is 61.8 Å². The zero-order valence-electron chi connectivity index (χ0n) is 20.7. The van der Waals surface area contributed by atoms with E-state index in [9.17, 15) is 18.0 Å². The molecule has 0 radical (unpaired) electrons. The third-order valence-electron chi connectivity index (χ3n) is 6.03. The number of hydrogen-bond donors (Lipinski definition) is 1. The fourth-order valence-corrected chi connectivity index (χ4v) is 4.53. The van der Waals surface area contributed by atoms with Crippen LogP contribution in [0.3, 0.4) is 0 Å². The van der Waals surface area contributed by atoms with Crippen LogP contribution in [0.4, 0.5) is 19.0 Å². The Bertz CT molecular complexity index is 1660. The maximum absolute atomic E-state index is 14.0. The van der Waals surface area contributed by atoms with Gasteiger partial charge < -0.3 is 5.32 Å². The number of nitrogens with zero attached hydrogens (tertiary/aromatic N) is 5. The van der Waals surface area contributed by atoms with E-state index in [4.69, 9.17) is 11.6 Å². The van der Waals surface area contributed by atoms with Crippen molar-refractivity contribution in [3.63, 3.8) is 0 Å². The number of benzene rings is 2. The van der Waals surface area contributed by atoms with Crippen molar-refractivity contribution in [1.82, 2.24) is 24.4 Å². The van der Waals surface area contributed by atoms with E-state index in [1.807, 2.05) is 38.1 Å². The summed E-state index contributed by atoms with van der Waals surface area (Å²) in [6, 6.07) is 16.6. The Labute approximate surface area is 234 Å². The number of carbonyl (C=O) groups is 1. The molecule has 0 aliphatic heterocycles. The molecule has 2 aromatic carbocycles. The minimum Gasteiger partial charge on any atom is -0.303 e. The Morgan fingerprint density at radius 1 is 1.05 bits per heavy atom. The lowest BCUT2D eigenvalue weighted by Gasteiger charge is -2.11. The van der Waals surface area contributed by atoms with E-state index in [2.05, 4.69) is 36.4 Å². The summed E-state index contributed by atoms with van der Waals surface area (Å²) in [6.07, 6.45) is -3.05. The first-order chi connectivity index (χ1) is 18.5. The first-order valence-corrected chi connectivity index (χ1v) is 13.0. The van der Waals surface area contributed by atoms with Crippen LogP contribution in [-0.2, 0) is 12.7 Å². The number of fused-ring (bicyclic) bond motifs is 1. The lowest BCUT2D eigenvalue weighted by atomic mass is 10.0. The zero-order valence-corrected chi connectivity index (χ0v) is 23.0. The Morgan fingerprint density at radius 2 is 1.74 bits per heavy atom. The standard InChI is InChI=1S/C27H21BrClF3N6O/c1-15(2)17-5-7-18(8-6-17)21-11-23(27(30,31)32)38-24(33-21)12-22(35-38)26(39)34-25-20(28)14-37(36-25)13-16-3-9-19(29)10-4-16/h3-12,14-15H,13H2,1-2H3,(H,34,36,39). The summed E-state index contributed by atoms with van der Waals surface area (Å²) in [5.41, 5.74) is 1.26. The molecule has 1 N–H and O–H groups in total. The van der Waals surface area contributed by atoms with Gasteiger partial charge in [-0.3, -0.25) is 9.48 Å². The van der Waals surface area contributed by atoms with E-state index in [0.717, 1.165) is 17.2 Å². The van der Waals surface area contributed by atoms with E-state index in [0.29, 0.717) is 26.1 Å². The third-order valence-corrected chi connectivity index (χ3v) is 6.86. The zero-order chi connectivity index (χ0) is 27.9. The number of nitrogens with one attached hydrogen (secondary N) is 1. The number of anilines is 1. The molecule has 5 aromatic rings. The highest BCUT2D eigenvalue weighted by molar-refractivity contribution is 9.10. The van der Waals surface area contributed by atoms with Crippen molar-refractivity contribution in [1.29, 1.82) is 0 Å². The largest absolute Gasteiger partial charge is 0.433 e. The van der Waals surface area contributed by atoms with Gasteiger partial charge in [0.2, 0.25) is 0 Å². The second kappa shape index (κ2) is 10.5. The molecule has 0 fully saturated rings. The quantitative estimate of drug-likeness (QED) is 0.215. The smallest absolute Gasteiger partial charge is 0.303 e. The highest BCUT2D eigenvalue weighted by Gasteiger charge is 2.35. The number of alkyl halides is 3. The molecular weight excluding hydrogens is 597 g/mol. The molecule has 3 aromatic heterocycles. The normalized spacial score (nSPS) is 11.9. The van der Waals surface area contributed by atoms with Crippen molar-refractivity contribution in [2.75, 3.05) is 5.32 Å². The van der Waals surface area contributed by atoms with Crippen LogP contribution in [0.1, 0.15) is 47.1 Å². The van der Waals surface area contributed by atoms with Crippen molar-refractivity contribution in [3.8, 4) is 11.3 Å². The second-order valence-electron chi connectivity index (χ2n) is 9.20. The van der Waals surface area contributed by atoms with E-state index < -0.39 is 17.8 Å². The SMILES string of the molecule is CC(C)c1ccc(-c2cc(C(F)(F)F)n3nc(C(=O)Nc4nn(Cc5ccc(Cl)cc5)cc4Br)cc3n2)cc1. The first kappa shape index (κ1) is 26.9. The summed E-state index contributed by atoms with van der Waals surface area (Å²) in [6.45, 7) is 4.48. The summed E-state index contributed by atoms with van der Waals surface area (Å²) in [5, 5.41) is 11.5. The van der Waals surface area contributed by atoms with Gasteiger partial charge in [0.05, 0.1) is 16.7 Å². The Kier molecular flexibility index (Phi) is 7.21. The van der Waals surface area contributed by atoms with E-state index in [-0.39, 0.29) is 28.8 Å². The Balaban J connectivity index is 1.44. The summed E-state index contributed by atoms with van der Waals surface area (Å²) in [4.78, 5) is 17.3. The summed E-state index contributed by atoms with van der Waals surface area (Å²) in [5.74, 6) is -0.255. The van der Waals surface area contributed by atoms with Gasteiger partial charge in [0.1, 0.15) is 0 Å². The minimum atomic E-state index is -4.73. The van der Waals surface area contributed by atoms with Crippen LogP contribution in [0.25, 0.3) is 16.9 Å². The summed E-state index contributed by atoms with van der Waals surface area (Å²) < 4.78 is 44.7. The molecule has 0 saturated heterocycles. The molecule has 5 rings (SSSR count). The van der Waals surface area contributed by atoms with Crippen LogP contribution in [0, 0.1) is 0 Å². The molecule has 1 amide bonds. The van der Waals surface area contributed by atoms with Gasteiger partial charge >= 0.3 is 6.18 Å². The first-order valence-electron chi connectivity index (χ1n) is 11.8. The number of carbonyl (C=O) groups excluding carboxylic acids is 1. The molecule has 0 spiro atoms. The highest BCUT2D eigenvalue weighted by Crippen LogP contribution is 2.33. The molecule has 0 aliphatic carbocycles. The van der Waals surface area contributed by atoms with E-state index in [1.54, 1.807) is 35.1 Å². The maximum Gasteiger partial charge on any atom is 0.433 e. The predicted octanol–water partition coefficient (Wildman–Crippen LogP) is 7.45. The summed E-state index contributed by atoms with van der Waals surface area (Å²) >= 11 is 9.29. The lowest BCUT2D eigenvalue weighted by Crippen LogP contribution is -2.16. The van der Waals surface area contributed by atoms with Gasteiger partial charge in [0.25, 0.3) is 5.91 Å². The molecule has 39 heavy (non-hydrogen) atoms. The van der Waals surface area contributed by atoms with Crippen molar-refractivity contribution in [2.45, 2.75) is 32.5 Å². The number of hydrogen-bond acceptors (Lipinski definition) is 4. The molecule has 0 aliphatic rings. The van der Waals surface area contributed by atoms with Crippen molar-refractivity contribution >= 4 is 44.9 Å². The number of halogens is 5. The molecule has 12 heteroatoms. The Morgan fingerprint density at radius 3 is 2.38 bits per heavy atom. The van der Waals surface area contributed by atoms with Crippen molar-refractivity contribution in [3.05, 3.63) is 98.9 Å². The average Bonchev–Trinajstić information content (AvgIpc) is 3.47. The van der Waals surface area contributed by atoms with Crippen molar-refractivity contribution < 1.29 is 18.0 Å². The highest BCUT2D eigenvalue weighted by atomic mass is 79.9. The van der Waals surface area contributed by atoms with Crippen LogP contribution in [0.15, 0.2) is 71.3 Å². The molecule has 0 unspecified atom stereocenters. The van der Waals surface area contributed by atoms with Crippen LogP contribution >= 0.6 is 27.5 Å². The topological polar surface area (TPSA) is 77.1 Å². The van der Waals surface area contributed by atoms with Crippen LogP contribution in [0.5, 0.6) is 0 Å². The molecule has 3 heterocycles. The van der Waals surface area contributed by atoms with Crippen LogP contribution in [0.2, 0.25) is 5.02 Å².